The molecule has 13 heavy (non-hydrogen) atoms. The number of fused-ring (bicyclic) bond motifs is 1. The van der Waals surface area contributed by atoms with Crippen molar-refractivity contribution in [3.8, 4) is 0 Å². The van der Waals surface area contributed by atoms with E-state index in [0.717, 1.165) is 6.20 Å². The van der Waals surface area contributed by atoms with Crippen LogP contribution in [0.15, 0.2) is 35.3 Å². The summed E-state index contributed by atoms with van der Waals surface area (Å²) in [6.45, 7) is 0. The fraction of sp³-hybridized carbons (Fsp3) is 0. The van der Waals surface area contributed by atoms with Crippen molar-refractivity contribution in [2.45, 2.75) is 0 Å². The molecule has 0 aliphatic heterocycles. The highest BCUT2D eigenvalue weighted by molar-refractivity contribution is 5.70. The summed E-state index contributed by atoms with van der Waals surface area (Å²) in [6, 6.07) is 6.30. The minimum atomic E-state index is -0.742. The van der Waals surface area contributed by atoms with Gasteiger partial charge in [0, 0.05) is 6.07 Å². The van der Waals surface area contributed by atoms with Crippen LogP contribution in [-0.2, 0) is 0 Å². The van der Waals surface area contributed by atoms with Gasteiger partial charge in [0.2, 0.25) is 11.7 Å². The van der Waals surface area contributed by atoms with Crippen molar-refractivity contribution in [3.05, 3.63) is 46.0 Å². The fourth-order valence-electron chi connectivity index (χ4n) is 1.17. The Kier molecular flexibility index (Phi) is 1.45. The highest BCUT2D eigenvalue weighted by atomic mass is 16.5. The number of aromatic nitrogens is 2. The van der Waals surface area contributed by atoms with Crippen LogP contribution in [0.4, 0.5) is 0 Å². The van der Waals surface area contributed by atoms with Gasteiger partial charge in [-0.2, -0.15) is 4.73 Å². The van der Waals surface area contributed by atoms with Crippen LogP contribution in [0.3, 0.4) is 0 Å². The highest BCUT2D eigenvalue weighted by Crippen LogP contribution is 2.04. The third-order valence-electron chi connectivity index (χ3n) is 1.78. The van der Waals surface area contributed by atoms with Crippen molar-refractivity contribution >= 4 is 11.0 Å². The average Bonchev–Trinajstić information content (AvgIpc) is 2.15. The van der Waals surface area contributed by atoms with Gasteiger partial charge in [-0.1, -0.05) is 12.1 Å². The van der Waals surface area contributed by atoms with Crippen molar-refractivity contribution in [2.24, 2.45) is 0 Å². The average molecular weight is 178 g/mol. The molecule has 1 aromatic heterocycles. The number of hydrogen-bond acceptors (Lipinski definition) is 3. The van der Waals surface area contributed by atoms with E-state index in [9.17, 15) is 15.2 Å². The van der Waals surface area contributed by atoms with Gasteiger partial charge in [0.1, 0.15) is 0 Å². The molecule has 0 saturated carbocycles. The van der Waals surface area contributed by atoms with Crippen molar-refractivity contribution in [3.63, 3.8) is 0 Å². The van der Waals surface area contributed by atoms with Gasteiger partial charge >= 0.3 is 5.56 Å². The lowest BCUT2D eigenvalue weighted by Gasteiger charge is -2.02. The Labute approximate surface area is 72.6 Å². The van der Waals surface area contributed by atoms with Gasteiger partial charge in [-0.3, -0.25) is 4.79 Å². The molecule has 0 fully saturated rings. The third-order valence-corrected chi connectivity index (χ3v) is 1.78. The van der Waals surface area contributed by atoms with Crippen LogP contribution < -0.4 is 10.3 Å². The maximum Gasteiger partial charge on any atom is 0.348 e. The van der Waals surface area contributed by atoms with E-state index in [1.54, 1.807) is 12.1 Å². The summed E-state index contributed by atoms with van der Waals surface area (Å²) in [7, 11) is 0. The third kappa shape index (κ3) is 1.01. The smallest absolute Gasteiger partial charge is 0.348 e. The molecule has 0 amide bonds. The molecular formula is C8H6N2O3. The maximum absolute atomic E-state index is 11.1. The predicted octanol–water partition coefficient (Wildman–Crippen LogP) is -0.128. The molecule has 1 N–H and O–H groups in total. The molecular weight excluding hydrogens is 172 g/mol. The molecule has 5 heteroatoms. The topological polar surface area (TPSA) is 69.2 Å². The van der Waals surface area contributed by atoms with E-state index in [0.29, 0.717) is 9.46 Å². The van der Waals surface area contributed by atoms with E-state index < -0.39 is 5.56 Å². The lowest BCUT2D eigenvalue weighted by atomic mass is 10.3. The second-order valence-corrected chi connectivity index (χ2v) is 2.59. The van der Waals surface area contributed by atoms with Gasteiger partial charge in [-0.25, -0.2) is 0 Å². The van der Waals surface area contributed by atoms with Gasteiger partial charge < -0.3 is 10.4 Å². The zero-order valence-electron chi connectivity index (χ0n) is 6.54. The number of rotatable bonds is 0. The summed E-state index contributed by atoms with van der Waals surface area (Å²) in [5.74, 6) is 0. The molecule has 5 nitrogen and oxygen atoms in total. The van der Waals surface area contributed by atoms with Crippen molar-refractivity contribution < 1.29 is 9.94 Å². The van der Waals surface area contributed by atoms with Crippen LogP contribution >= 0.6 is 0 Å². The largest absolute Gasteiger partial charge is 0.618 e. The Bertz CT molecular complexity index is 518. The molecule has 0 atom stereocenters. The summed E-state index contributed by atoms with van der Waals surface area (Å²) in [4.78, 5) is 10.9. The first-order chi connectivity index (χ1) is 6.20. The Morgan fingerprint density at radius 3 is 2.85 bits per heavy atom. The summed E-state index contributed by atoms with van der Waals surface area (Å²) in [6.07, 6.45) is 0.780. The standard InChI is InChI=1S/C8H6N2O3/c11-8-5-9(12)6-3-1-2-4-7(6)10(8)13/h1-5,13H. The van der Waals surface area contributed by atoms with Crippen LogP contribution in [0.5, 0.6) is 0 Å². The zero-order valence-corrected chi connectivity index (χ0v) is 6.54. The van der Waals surface area contributed by atoms with Gasteiger partial charge in [0.25, 0.3) is 0 Å². The minimum Gasteiger partial charge on any atom is -0.618 e. The molecule has 1 heterocycles. The lowest BCUT2D eigenvalue weighted by Crippen LogP contribution is -2.36. The van der Waals surface area contributed by atoms with Crippen LogP contribution in [0.2, 0.25) is 0 Å². The number of hydrogen-bond donors (Lipinski definition) is 1. The monoisotopic (exact) mass is 178 g/mol. The molecule has 0 aliphatic carbocycles. The van der Waals surface area contributed by atoms with Crippen molar-refractivity contribution in [1.82, 2.24) is 4.73 Å². The first-order valence-electron chi connectivity index (χ1n) is 3.63. The Hall–Kier alpha value is -2.04. The van der Waals surface area contributed by atoms with E-state index in [-0.39, 0.29) is 11.0 Å². The molecule has 66 valence electrons. The normalized spacial score (nSPS) is 10.5. The summed E-state index contributed by atoms with van der Waals surface area (Å²) in [5.41, 5.74) is -0.289. The van der Waals surface area contributed by atoms with E-state index in [2.05, 4.69) is 0 Å². The van der Waals surface area contributed by atoms with Gasteiger partial charge in [0.05, 0.1) is 0 Å². The second-order valence-electron chi connectivity index (χ2n) is 2.59. The fourth-order valence-corrected chi connectivity index (χ4v) is 1.17. The Morgan fingerprint density at radius 2 is 2.08 bits per heavy atom. The quantitative estimate of drug-likeness (QED) is 0.347. The zero-order chi connectivity index (χ0) is 9.42. The van der Waals surface area contributed by atoms with Crippen LogP contribution in [-0.4, -0.2) is 9.94 Å². The number of nitrogens with zero attached hydrogens (tertiary/aromatic N) is 2. The summed E-state index contributed by atoms with van der Waals surface area (Å²) < 4.78 is 0.883. The molecule has 0 spiro atoms. The maximum atomic E-state index is 11.1. The van der Waals surface area contributed by atoms with Gasteiger partial charge in [-0.15, -0.1) is 4.73 Å². The van der Waals surface area contributed by atoms with Crippen LogP contribution in [0.1, 0.15) is 0 Å². The number of para-hydroxylation sites is 2. The Morgan fingerprint density at radius 1 is 1.38 bits per heavy atom. The van der Waals surface area contributed by atoms with Gasteiger partial charge in [-0.05, 0) is 6.07 Å². The van der Waals surface area contributed by atoms with Crippen LogP contribution in [0, 0.1) is 5.21 Å². The lowest BCUT2D eigenvalue weighted by molar-refractivity contribution is -0.578. The summed E-state index contributed by atoms with van der Waals surface area (Å²) in [5, 5.41) is 20.4. The van der Waals surface area contributed by atoms with Gasteiger partial charge in [0.15, 0.2) is 5.52 Å². The molecule has 0 saturated heterocycles. The molecule has 0 bridgehead atoms. The minimum absolute atomic E-state index is 0.199. The molecule has 0 aliphatic rings. The molecule has 0 radical (unpaired) electrons. The molecule has 2 aromatic rings. The summed E-state index contributed by atoms with van der Waals surface area (Å²) >= 11 is 0. The van der Waals surface area contributed by atoms with E-state index >= 15 is 0 Å². The molecule has 2 rings (SSSR count). The Balaban J connectivity index is 3.06. The molecule has 1 aromatic carbocycles. The van der Waals surface area contributed by atoms with Crippen molar-refractivity contribution in [2.75, 3.05) is 0 Å². The van der Waals surface area contributed by atoms with E-state index in [4.69, 9.17) is 0 Å². The van der Waals surface area contributed by atoms with E-state index in [1.807, 2.05) is 0 Å². The molecule has 0 unspecified atom stereocenters. The predicted molar refractivity (Wildman–Crippen MR) is 44.4 cm³/mol. The van der Waals surface area contributed by atoms with Crippen molar-refractivity contribution in [1.29, 1.82) is 0 Å². The second kappa shape index (κ2) is 2.48. The number of benzene rings is 1. The van der Waals surface area contributed by atoms with E-state index in [1.165, 1.54) is 12.1 Å². The first-order valence-corrected chi connectivity index (χ1v) is 3.63. The highest BCUT2D eigenvalue weighted by Gasteiger charge is 2.08. The SMILES string of the molecule is O=c1c[n+]([O-])c2ccccc2n1O. The first kappa shape index (κ1) is 7.60. The van der Waals surface area contributed by atoms with Crippen LogP contribution in [0.25, 0.3) is 11.0 Å².